The predicted octanol–water partition coefficient (Wildman–Crippen LogP) is 2.38. The van der Waals surface area contributed by atoms with Crippen molar-refractivity contribution in [3.63, 3.8) is 0 Å². The number of rotatable bonds is 4. The highest BCUT2D eigenvalue weighted by Gasteiger charge is 2.11. The van der Waals surface area contributed by atoms with E-state index in [-0.39, 0.29) is 6.04 Å². The summed E-state index contributed by atoms with van der Waals surface area (Å²) >= 11 is 5.97. The van der Waals surface area contributed by atoms with Crippen LogP contribution in [0.15, 0.2) is 18.2 Å². The van der Waals surface area contributed by atoms with Crippen LogP contribution in [-0.4, -0.2) is 14.8 Å². The van der Waals surface area contributed by atoms with Gasteiger partial charge in [-0.1, -0.05) is 11.6 Å². The highest BCUT2D eigenvalue weighted by Crippen LogP contribution is 2.27. The Morgan fingerprint density at radius 2 is 2.16 bits per heavy atom. The Kier molecular flexibility index (Phi) is 4.07. The second kappa shape index (κ2) is 5.59. The van der Waals surface area contributed by atoms with E-state index in [2.05, 4.69) is 10.2 Å². The number of hydrogen-bond donors (Lipinski definition) is 1. The minimum absolute atomic E-state index is 0.144. The van der Waals surface area contributed by atoms with Gasteiger partial charge in [0.2, 0.25) is 0 Å². The molecule has 0 aliphatic carbocycles. The van der Waals surface area contributed by atoms with Crippen LogP contribution in [0.1, 0.15) is 30.2 Å². The van der Waals surface area contributed by atoms with Crippen LogP contribution in [0.3, 0.4) is 0 Å². The Morgan fingerprint density at radius 1 is 1.42 bits per heavy atom. The Balaban J connectivity index is 2.17. The van der Waals surface area contributed by atoms with E-state index in [4.69, 9.17) is 22.1 Å². The number of benzene rings is 1. The summed E-state index contributed by atoms with van der Waals surface area (Å²) in [6.45, 7) is 4.13. The average molecular weight is 281 g/mol. The molecule has 0 saturated carbocycles. The third-order valence-electron chi connectivity index (χ3n) is 3.00. The van der Waals surface area contributed by atoms with Gasteiger partial charge in [0.15, 0.2) is 5.82 Å². The topological polar surface area (TPSA) is 66.0 Å². The van der Waals surface area contributed by atoms with E-state index in [1.54, 1.807) is 6.07 Å². The fraction of sp³-hybridized carbons (Fsp3) is 0.385. The molecule has 0 bridgehead atoms. The first-order valence-corrected chi connectivity index (χ1v) is 6.39. The minimum Gasteiger partial charge on any atom is -0.485 e. The molecule has 0 unspecified atom stereocenters. The van der Waals surface area contributed by atoms with Gasteiger partial charge in [0.1, 0.15) is 18.2 Å². The van der Waals surface area contributed by atoms with Crippen molar-refractivity contribution >= 4 is 11.6 Å². The Bertz CT molecular complexity index is 580. The summed E-state index contributed by atoms with van der Waals surface area (Å²) in [5.41, 5.74) is 6.80. The molecule has 2 rings (SSSR count). The molecule has 0 aliphatic rings. The number of halogens is 1. The van der Waals surface area contributed by atoms with E-state index in [1.165, 1.54) is 0 Å². The molecule has 1 aromatic carbocycles. The van der Waals surface area contributed by atoms with Crippen LogP contribution in [0.4, 0.5) is 0 Å². The monoisotopic (exact) mass is 280 g/mol. The molecule has 1 aromatic heterocycles. The van der Waals surface area contributed by atoms with Gasteiger partial charge in [0.05, 0.1) is 0 Å². The maximum absolute atomic E-state index is 5.97. The molecule has 1 heterocycles. The number of aromatic nitrogens is 3. The van der Waals surface area contributed by atoms with Crippen molar-refractivity contribution in [2.24, 2.45) is 12.8 Å². The zero-order valence-electron chi connectivity index (χ0n) is 11.2. The van der Waals surface area contributed by atoms with Crippen molar-refractivity contribution in [3.8, 4) is 5.75 Å². The van der Waals surface area contributed by atoms with E-state index in [9.17, 15) is 0 Å². The summed E-state index contributed by atoms with van der Waals surface area (Å²) in [6.07, 6.45) is 0. The molecule has 19 heavy (non-hydrogen) atoms. The van der Waals surface area contributed by atoms with Crippen LogP contribution in [0, 0.1) is 6.92 Å². The molecule has 6 heteroatoms. The van der Waals surface area contributed by atoms with E-state index < -0.39 is 0 Å². The number of hydrogen-bond acceptors (Lipinski definition) is 4. The largest absolute Gasteiger partial charge is 0.485 e. The van der Waals surface area contributed by atoms with Gasteiger partial charge in [-0.3, -0.25) is 0 Å². The van der Waals surface area contributed by atoms with Crippen molar-refractivity contribution in [3.05, 3.63) is 40.4 Å². The molecule has 2 aromatic rings. The van der Waals surface area contributed by atoms with Gasteiger partial charge in [-0.15, -0.1) is 10.2 Å². The van der Waals surface area contributed by atoms with Crippen LogP contribution in [0.5, 0.6) is 5.75 Å². The predicted molar refractivity (Wildman–Crippen MR) is 74.1 cm³/mol. The van der Waals surface area contributed by atoms with Crippen LogP contribution in [0.2, 0.25) is 5.02 Å². The third kappa shape index (κ3) is 3.05. The van der Waals surface area contributed by atoms with Crippen LogP contribution in [0.25, 0.3) is 0 Å². The Hall–Kier alpha value is -1.59. The molecule has 0 spiro atoms. The molecule has 0 aliphatic heterocycles. The van der Waals surface area contributed by atoms with E-state index >= 15 is 0 Å². The maximum Gasteiger partial charge on any atom is 0.170 e. The first-order valence-electron chi connectivity index (χ1n) is 6.01. The number of nitrogens with zero attached hydrogens (tertiary/aromatic N) is 3. The molecule has 0 saturated heterocycles. The van der Waals surface area contributed by atoms with Gasteiger partial charge < -0.3 is 15.0 Å². The molecule has 0 amide bonds. The molecule has 2 N–H and O–H groups in total. The van der Waals surface area contributed by atoms with Crippen molar-refractivity contribution < 1.29 is 4.74 Å². The number of ether oxygens (including phenoxy) is 1. The van der Waals surface area contributed by atoms with Crippen molar-refractivity contribution in [2.45, 2.75) is 26.5 Å². The summed E-state index contributed by atoms with van der Waals surface area (Å²) in [5, 5.41) is 8.69. The standard InChI is InChI=1S/C13H17ClN4O/c1-8(15)11-6-10(14)4-5-12(11)19-7-13-17-16-9(2)18(13)3/h4-6,8H,7,15H2,1-3H3/t8-/m0/s1. The fourth-order valence-electron chi connectivity index (χ4n) is 1.73. The van der Waals surface area contributed by atoms with Gasteiger partial charge in [-0.25, -0.2) is 0 Å². The first kappa shape index (κ1) is 13.8. The molecule has 102 valence electrons. The average Bonchev–Trinajstić information content (AvgIpc) is 2.68. The zero-order valence-corrected chi connectivity index (χ0v) is 12.0. The minimum atomic E-state index is -0.144. The summed E-state index contributed by atoms with van der Waals surface area (Å²) in [5.74, 6) is 2.34. The molecule has 5 nitrogen and oxygen atoms in total. The Labute approximate surface area is 117 Å². The highest BCUT2D eigenvalue weighted by atomic mass is 35.5. The normalized spacial score (nSPS) is 12.5. The van der Waals surface area contributed by atoms with Gasteiger partial charge in [0, 0.05) is 23.7 Å². The van der Waals surface area contributed by atoms with E-state index in [0.29, 0.717) is 11.6 Å². The summed E-state index contributed by atoms with van der Waals surface area (Å²) in [4.78, 5) is 0. The summed E-state index contributed by atoms with van der Waals surface area (Å²) in [7, 11) is 1.91. The second-order valence-corrected chi connectivity index (χ2v) is 4.92. The molecular weight excluding hydrogens is 264 g/mol. The van der Waals surface area contributed by atoms with Gasteiger partial charge in [-0.05, 0) is 32.0 Å². The molecule has 1 atom stereocenters. The number of aryl methyl sites for hydroxylation is 1. The van der Waals surface area contributed by atoms with Crippen LogP contribution in [-0.2, 0) is 13.7 Å². The lowest BCUT2D eigenvalue weighted by Gasteiger charge is -2.14. The van der Waals surface area contributed by atoms with Crippen molar-refractivity contribution in [1.82, 2.24) is 14.8 Å². The lowest BCUT2D eigenvalue weighted by Crippen LogP contribution is -2.10. The van der Waals surface area contributed by atoms with E-state index in [0.717, 1.165) is 23.0 Å². The Morgan fingerprint density at radius 3 is 2.74 bits per heavy atom. The van der Waals surface area contributed by atoms with Gasteiger partial charge >= 0.3 is 0 Å². The zero-order chi connectivity index (χ0) is 14.0. The SMILES string of the molecule is Cc1nnc(COc2ccc(Cl)cc2[C@H](C)N)n1C. The first-order chi connectivity index (χ1) is 8.99. The van der Waals surface area contributed by atoms with E-state index in [1.807, 2.05) is 37.6 Å². The summed E-state index contributed by atoms with van der Waals surface area (Å²) in [6, 6.07) is 5.29. The smallest absolute Gasteiger partial charge is 0.170 e. The highest BCUT2D eigenvalue weighted by molar-refractivity contribution is 6.30. The van der Waals surface area contributed by atoms with Gasteiger partial charge in [0.25, 0.3) is 0 Å². The lowest BCUT2D eigenvalue weighted by molar-refractivity contribution is 0.287. The molecule has 0 radical (unpaired) electrons. The van der Waals surface area contributed by atoms with Crippen molar-refractivity contribution in [1.29, 1.82) is 0 Å². The van der Waals surface area contributed by atoms with Crippen LogP contribution < -0.4 is 10.5 Å². The number of nitrogens with two attached hydrogens (primary N) is 1. The summed E-state index contributed by atoms with van der Waals surface area (Å²) < 4.78 is 7.66. The quantitative estimate of drug-likeness (QED) is 0.934. The van der Waals surface area contributed by atoms with Gasteiger partial charge in [-0.2, -0.15) is 0 Å². The third-order valence-corrected chi connectivity index (χ3v) is 3.24. The van der Waals surface area contributed by atoms with Crippen LogP contribution >= 0.6 is 11.6 Å². The fourth-order valence-corrected chi connectivity index (χ4v) is 1.91. The molecule has 0 fully saturated rings. The maximum atomic E-state index is 5.97. The lowest BCUT2D eigenvalue weighted by atomic mass is 10.1. The molecular formula is C13H17ClN4O. The van der Waals surface area contributed by atoms with Crippen molar-refractivity contribution in [2.75, 3.05) is 0 Å². The second-order valence-electron chi connectivity index (χ2n) is 4.48.